The van der Waals surface area contributed by atoms with Crippen LogP contribution in [-0.2, 0) is 14.4 Å². The molecule has 2 aromatic rings. The predicted molar refractivity (Wildman–Crippen MR) is 86.9 cm³/mol. The van der Waals surface area contributed by atoms with Crippen molar-refractivity contribution in [3.8, 4) is 0 Å². The van der Waals surface area contributed by atoms with Gasteiger partial charge in [0.2, 0.25) is 0 Å². The number of aliphatic hydroxyl groups excluding tert-OH is 1. The molecule has 0 radical (unpaired) electrons. The summed E-state index contributed by atoms with van der Waals surface area (Å²) in [6.07, 6.45) is 0. The first kappa shape index (κ1) is 17.3. The summed E-state index contributed by atoms with van der Waals surface area (Å²) in [6.45, 7) is -0.835. The van der Waals surface area contributed by atoms with E-state index in [-0.39, 0.29) is 5.57 Å². The van der Waals surface area contributed by atoms with Crippen molar-refractivity contribution in [1.29, 1.82) is 0 Å². The molecule has 0 aromatic heterocycles. The van der Waals surface area contributed by atoms with Crippen LogP contribution in [0.15, 0.2) is 60.2 Å². The fraction of sp³-hybridized carbons (Fsp3) is 0.105. The van der Waals surface area contributed by atoms with Crippen LogP contribution < -0.4 is 5.11 Å². The molecule has 1 amide bonds. The Labute approximate surface area is 147 Å². The van der Waals surface area contributed by atoms with Gasteiger partial charge in [-0.1, -0.05) is 42.5 Å². The van der Waals surface area contributed by atoms with E-state index in [4.69, 9.17) is 0 Å². The molecule has 7 heteroatoms. The third kappa shape index (κ3) is 3.06. The number of halogens is 1. The zero-order chi connectivity index (χ0) is 18.8. The van der Waals surface area contributed by atoms with Crippen molar-refractivity contribution >= 4 is 23.4 Å². The standard InChI is InChI=1S/C19H14FNO5/c20-13-8-6-11(7-9-13)16-15(17(24)12-4-2-1-3-5-12)18(25)19(26)21(16)10-14(22)23/h1-9,16,24H,10H2,(H,22,23)/p-1/t16-/m0/s1. The van der Waals surface area contributed by atoms with Crippen LogP contribution in [0, 0.1) is 5.82 Å². The molecule has 1 fully saturated rings. The molecule has 132 valence electrons. The first-order valence-corrected chi connectivity index (χ1v) is 7.69. The Hall–Kier alpha value is -3.48. The number of carboxylic acids is 1. The van der Waals surface area contributed by atoms with Crippen molar-refractivity contribution in [2.75, 3.05) is 6.54 Å². The zero-order valence-electron chi connectivity index (χ0n) is 13.4. The van der Waals surface area contributed by atoms with Gasteiger partial charge in [-0.05, 0) is 17.7 Å². The molecule has 26 heavy (non-hydrogen) atoms. The molecule has 0 saturated carbocycles. The van der Waals surface area contributed by atoms with Crippen LogP contribution in [0.2, 0.25) is 0 Å². The fourth-order valence-electron chi connectivity index (χ4n) is 2.93. The number of benzene rings is 2. The Bertz CT molecular complexity index is 905. The summed E-state index contributed by atoms with van der Waals surface area (Å²) in [5.74, 6) is -4.60. The number of hydrogen-bond donors (Lipinski definition) is 1. The summed E-state index contributed by atoms with van der Waals surface area (Å²) in [4.78, 5) is 36.6. The Morgan fingerprint density at radius 3 is 2.27 bits per heavy atom. The molecular weight excluding hydrogens is 341 g/mol. The number of rotatable bonds is 4. The van der Waals surface area contributed by atoms with E-state index in [0.717, 1.165) is 17.0 Å². The van der Waals surface area contributed by atoms with Gasteiger partial charge in [-0.3, -0.25) is 9.59 Å². The van der Waals surface area contributed by atoms with Gasteiger partial charge in [-0.15, -0.1) is 0 Å². The molecule has 0 aliphatic carbocycles. The van der Waals surface area contributed by atoms with Gasteiger partial charge in [-0.25, -0.2) is 4.39 Å². The molecular formula is C19H13FNO5-. The number of nitrogens with zero attached hydrogens (tertiary/aromatic N) is 1. The molecule has 1 aliphatic heterocycles. The summed E-state index contributed by atoms with van der Waals surface area (Å²) < 4.78 is 13.2. The highest BCUT2D eigenvalue weighted by molar-refractivity contribution is 6.46. The molecule has 0 spiro atoms. The predicted octanol–water partition coefficient (Wildman–Crippen LogP) is 0.997. The van der Waals surface area contributed by atoms with Crippen molar-refractivity contribution in [2.24, 2.45) is 0 Å². The van der Waals surface area contributed by atoms with Gasteiger partial charge in [0.15, 0.2) is 0 Å². The monoisotopic (exact) mass is 354 g/mol. The van der Waals surface area contributed by atoms with Gasteiger partial charge in [0, 0.05) is 5.56 Å². The number of hydrogen-bond acceptors (Lipinski definition) is 5. The quantitative estimate of drug-likeness (QED) is 0.502. The third-order valence-electron chi connectivity index (χ3n) is 4.07. The number of carbonyl (C=O) groups is 3. The van der Waals surface area contributed by atoms with E-state index in [9.17, 15) is 29.0 Å². The maximum Gasteiger partial charge on any atom is 0.295 e. The lowest BCUT2D eigenvalue weighted by Crippen LogP contribution is -2.40. The van der Waals surface area contributed by atoms with E-state index in [1.165, 1.54) is 12.1 Å². The number of Topliss-reactive ketones (excluding diaryl/α,β-unsaturated/α-hetero) is 1. The summed E-state index contributed by atoms with van der Waals surface area (Å²) in [6, 6.07) is 11.8. The van der Waals surface area contributed by atoms with Gasteiger partial charge in [0.25, 0.3) is 11.7 Å². The van der Waals surface area contributed by atoms with E-state index in [0.29, 0.717) is 11.1 Å². The minimum atomic E-state index is -1.56. The number of carbonyl (C=O) groups excluding carboxylic acids is 3. The third-order valence-corrected chi connectivity index (χ3v) is 4.07. The highest BCUT2D eigenvalue weighted by Gasteiger charge is 2.46. The molecule has 0 unspecified atom stereocenters. The average molecular weight is 354 g/mol. The molecule has 2 aromatic carbocycles. The van der Waals surface area contributed by atoms with Crippen LogP contribution in [0.3, 0.4) is 0 Å². The van der Waals surface area contributed by atoms with Gasteiger partial charge in [0.1, 0.15) is 11.6 Å². The normalized spacial score (nSPS) is 19.0. The maximum absolute atomic E-state index is 13.2. The summed E-state index contributed by atoms with van der Waals surface area (Å²) in [5.41, 5.74) is 0.337. The lowest BCUT2D eigenvalue weighted by Gasteiger charge is -2.25. The lowest BCUT2D eigenvalue weighted by molar-refractivity contribution is -0.306. The second kappa shape index (κ2) is 6.79. The fourth-order valence-corrected chi connectivity index (χ4v) is 2.93. The molecule has 1 atom stereocenters. The Balaban J connectivity index is 2.19. The van der Waals surface area contributed by atoms with E-state index in [1.54, 1.807) is 30.3 Å². The largest absolute Gasteiger partial charge is 0.548 e. The molecule has 1 saturated heterocycles. The van der Waals surface area contributed by atoms with Crippen molar-refractivity contribution in [1.82, 2.24) is 4.90 Å². The second-order valence-corrected chi connectivity index (χ2v) is 5.72. The minimum absolute atomic E-state index is 0.256. The first-order chi connectivity index (χ1) is 12.4. The SMILES string of the molecule is O=C([O-])CN1C(=O)C(=O)C(=C(O)c2ccccc2)[C@@H]1c1ccc(F)cc1. The average Bonchev–Trinajstić information content (AvgIpc) is 2.87. The number of amides is 1. The summed E-state index contributed by atoms with van der Waals surface area (Å²) in [7, 11) is 0. The Kier molecular flexibility index (Phi) is 4.53. The highest BCUT2D eigenvalue weighted by atomic mass is 19.1. The smallest absolute Gasteiger partial charge is 0.295 e. The van der Waals surface area contributed by atoms with Crippen LogP contribution in [0.4, 0.5) is 4.39 Å². The number of aliphatic hydroxyl groups is 1. The molecule has 3 rings (SSSR count). The number of aliphatic carboxylic acids is 1. The molecule has 1 heterocycles. The summed E-state index contributed by atoms with van der Waals surface area (Å²) in [5, 5.41) is 21.6. The highest BCUT2D eigenvalue weighted by Crippen LogP contribution is 2.39. The second-order valence-electron chi connectivity index (χ2n) is 5.72. The molecule has 0 bridgehead atoms. The molecule has 1 aliphatic rings. The van der Waals surface area contributed by atoms with E-state index in [1.807, 2.05) is 0 Å². The summed E-state index contributed by atoms with van der Waals surface area (Å²) >= 11 is 0. The Morgan fingerprint density at radius 1 is 1.08 bits per heavy atom. The number of likely N-dealkylation sites (tertiary alicyclic amines) is 1. The van der Waals surface area contributed by atoms with E-state index in [2.05, 4.69) is 0 Å². The maximum atomic E-state index is 13.2. The van der Waals surface area contributed by atoms with E-state index < -0.39 is 41.8 Å². The molecule has 6 nitrogen and oxygen atoms in total. The van der Waals surface area contributed by atoms with Crippen molar-refractivity contribution < 1.29 is 29.0 Å². The van der Waals surface area contributed by atoms with Crippen LogP contribution in [0.1, 0.15) is 17.2 Å². The van der Waals surface area contributed by atoms with Gasteiger partial charge < -0.3 is 19.9 Å². The topological polar surface area (TPSA) is 97.7 Å². The zero-order valence-corrected chi connectivity index (χ0v) is 13.4. The van der Waals surface area contributed by atoms with Crippen LogP contribution in [0.5, 0.6) is 0 Å². The van der Waals surface area contributed by atoms with Crippen LogP contribution in [0.25, 0.3) is 5.76 Å². The van der Waals surface area contributed by atoms with Gasteiger partial charge in [-0.2, -0.15) is 0 Å². The van der Waals surface area contributed by atoms with Gasteiger partial charge in [0.05, 0.1) is 24.1 Å². The lowest BCUT2D eigenvalue weighted by atomic mass is 9.95. The number of ketones is 1. The van der Waals surface area contributed by atoms with Crippen molar-refractivity contribution in [2.45, 2.75) is 6.04 Å². The van der Waals surface area contributed by atoms with Crippen LogP contribution in [-0.4, -0.2) is 34.2 Å². The van der Waals surface area contributed by atoms with Crippen molar-refractivity contribution in [3.63, 3.8) is 0 Å². The van der Waals surface area contributed by atoms with Crippen molar-refractivity contribution in [3.05, 3.63) is 77.1 Å². The Morgan fingerprint density at radius 2 is 1.69 bits per heavy atom. The van der Waals surface area contributed by atoms with Gasteiger partial charge >= 0.3 is 0 Å². The van der Waals surface area contributed by atoms with Crippen LogP contribution >= 0.6 is 0 Å². The molecule has 1 N–H and O–H groups in total. The first-order valence-electron chi connectivity index (χ1n) is 7.69. The minimum Gasteiger partial charge on any atom is -0.548 e. The number of carboxylic acid groups (broad SMARTS) is 1. The van der Waals surface area contributed by atoms with E-state index >= 15 is 0 Å².